The van der Waals surface area contributed by atoms with Crippen molar-refractivity contribution in [2.24, 2.45) is 17.1 Å². The second-order valence-electron chi connectivity index (χ2n) is 7.56. The summed E-state index contributed by atoms with van der Waals surface area (Å²) in [6.07, 6.45) is 3.75. The SMILES string of the molecule is CCC1CN(C(=O)CCC(CCN)C(C)(C)C)CCN1C. The van der Waals surface area contributed by atoms with Crippen LogP contribution in [-0.2, 0) is 4.79 Å². The standard InChI is InChI=1S/C17H35N3O/c1-6-15-13-20(12-11-19(15)5)16(21)8-7-14(9-10-18)17(2,3)4/h14-15H,6-13,18H2,1-5H3. The lowest BCUT2D eigenvalue weighted by molar-refractivity contribution is -0.134. The van der Waals surface area contributed by atoms with Crippen LogP contribution in [0.3, 0.4) is 0 Å². The van der Waals surface area contributed by atoms with Crippen LogP contribution in [0.4, 0.5) is 0 Å². The first-order valence-corrected chi connectivity index (χ1v) is 8.47. The molecule has 4 heteroatoms. The molecule has 0 aromatic carbocycles. The highest BCUT2D eigenvalue weighted by Gasteiger charge is 2.28. The summed E-state index contributed by atoms with van der Waals surface area (Å²) in [5.41, 5.74) is 5.96. The first kappa shape index (κ1) is 18.4. The number of likely N-dealkylation sites (N-methyl/N-ethyl adjacent to an activating group) is 1. The third kappa shape index (κ3) is 5.59. The van der Waals surface area contributed by atoms with Crippen LogP contribution in [-0.4, -0.2) is 55.0 Å². The van der Waals surface area contributed by atoms with Gasteiger partial charge in [0.25, 0.3) is 0 Å². The van der Waals surface area contributed by atoms with Crippen molar-refractivity contribution >= 4 is 5.91 Å². The highest BCUT2D eigenvalue weighted by atomic mass is 16.2. The molecule has 1 aliphatic heterocycles. The molecule has 0 aliphatic carbocycles. The third-order valence-electron chi connectivity index (χ3n) is 5.05. The Morgan fingerprint density at radius 2 is 1.95 bits per heavy atom. The predicted molar refractivity (Wildman–Crippen MR) is 89.1 cm³/mol. The average Bonchev–Trinajstić information content (AvgIpc) is 2.42. The van der Waals surface area contributed by atoms with Gasteiger partial charge in [-0.25, -0.2) is 0 Å². The van der Waals surface area contributed by atoms with Crippen LogP contribution in [0.2, 0.25) is 0 Å². The summed E-state index contributed by atoms with van der Waals surface area (Å²) in [7, 11) is 2.16. The Labute approximate surface area is 131 Å². The maximum absolute atomic E-state index is 12.5. The molecule has 124 valence electrons. The van der Waals surface area contributed by atoms with Gasteiger partial charge in [0.1, 0.15) is 0 Å². The minimum absolute atomic E-state index is 0.230. The van der Waals surface area contributed by atoms with Gasteiger partial charge in [-0.05, 0) is 44.2 Å². The zero-order chi connectivity index (χ0) is 16.0. The summed E-state index contributed by atoms with van der Waals surface area (Å²) >= 11 is 0. The molecule has 1 fully saturated rings. The summed E-state index contributed by atoms with van der Waals surface area (Å²) < 4.78 is 0. The molecule has 1 saturated heterocycles. The summed E-state index contributed by atoms with van der Waals surface area (Å²) in [4.78, 5) is 16.9. The summed E-state index contributed by atoms with van der Waals surface area (Å²) in [6, 6.07) is 0.519. The van der Waals surface area contributed by atoms with Crippen molar-refractivity contribution < 1.29 is 4.79 Å². The lowest BCUT2D eigenvalue weighted by Crippen LogP contribution is -2.53. The Hall–Kier alpha value is -0.610. The van der Waals surface area contributed by atoms with Crippen LogP contribution in [0.15, 0.2) is 0 Å². The van der Waals surface area contributed by atoms with E-state index >= 15 is 0 Å². The van der Waals surface area contributed by atoms with E-state index in [1.807, 2.05) is 0 Å². The normalized spacial score (nSPS) is 22.4. The fourth-order valence-corrected chi connectivity index (χ4v) is 3.28. The van der Waals surface area contributed by atoms with Crippen LogP contribution in [0, 0.1) is 11.3 Å². The number of nitrogens with zero attached hydrogens (tertiary/aromatic N) is 2. The maximum atomic E-state index is 12.5. The van der Waals surface area contributed by atoms with Gasteiger partial charge in [-0.1, -0.05) is 27.7 Å². The van der Waals surface area contributed by atoms with Gasteiger partial charge in [0.2, 0.25) is 5.91 Å². The smallest absolute Gasteiger partial charge is 0.222 e. The second kappa shape index (κ2) is 8.14. The number of carbonyl (C=O) groups is 1. The molecule has 2 unspecified atom stereocenters. The molecular formula is C17H35N3O. The van der Waals surface area contributed by atoms with E-state index in [1.54, 1.807) is 0 Å². The van der Waals surface area contributed by atoms with Crippen LogP contribution in [0.5, 0.6) is 0 Å². The molecule has 1 amide bonds. The quantitative estimate of drug-likeness (QED) is 0.818. The van der Waals surface area contributed by atoms with E-state index in [9.17, 15) is 4.79 Å². The van der Waals surface area contributed by atoms with Crippen molar-refractivity contribution in [2.75, 3.05) is 33.2 Å². The molecule has 1 heterocycles. The molecule has 2 atom stereocenters. The van der Waals surface area contributed by atoms with Gasteiger partial charge in [-0.15, -0.1) is 0 Å². The molecule has 0 aromatic rings. The zero-order valence-electron chi connectivity index (χ0n) is 14.7. The molecule has 0 spiro atoms. The Balaban J connectivity index is 2.49. The van der Waals surface area contributed by atoms with Crippen molar-refractivity contribution in [1.82, 2.24) is 9.80 Å². The number of amides is 1. The fourth-order valence-electron chi connectivity index (χ4n) is 3.28. The van der Waals surface area contributed by atoms with Crippen LogP contribution < -0.4 is 5.73 Å². The molecule has 4 nitrogen and oxygen atoms in total. The van der Waals surface area contributed by atoms with E-state index in [4.69, 9.17) is 5.73 Å². The molecule has 0 aromatic heterocycles. The fraction of sp³-hybridized carbons (Fsp3) is 0.941. The molecule has 0 radical (unpaired) electrons. The number of carbonyl (C=O) groups excluding carboxylic acids is 1. The van der Waals surface area contributed by atoms with Gasteiger partial charge in [0.15, 0.2) is 0 Å². The zero-order valence-corrected chi connectivity index (χ0v) is 14.7. The van der Waals surface area contributed by atoms with E-state index in [1.165, 1.54) is 0 Å². The summed E-state index contributed by atoms with van der Waals surface area (Å²) in [5.74, 6) is 0.855. The first-order valence-electron chi connectivity index (χ1n) is 8.47. The van der Waals surface area contributed by atoms with Crippen LogP contribution in [0.1, 0.15) is 53.4 Å². The number of piperazine rings is 1. The van der Waals surface area contributed by atoms with E-state index in [2.05, 4.69) is 44.5 Å². The molecule has 0 saturated carbocycles. The second-order valence-corrected chi connectivity index (χ2v) is 7.56. The van der Waals surface area contributed by atoms with E-state index < -0.39 is 0 Å². The summed E-state index contributed by atoms with van der Waals surface area (Å²) in [5, 5.41) is 0. The van der Waals surface area contributed by atoms with Gasteiger partial charge in [-0.3, -0.25) is 9.69 Å². The maximum Gasteiger partial charge on any atom is 0.222 e. The summed E-state index contributed by atoms with van der Waals surface area (Å²) in [6.45, 7) is 12.4. The van der Waals surface area contributed by atoms with E-state index in [0.717, 1.165) is 38.9 Å². The molecule has 0 bridgehead atoms. The Morgan fingerprint density at radius 3 is 2.48 bits per heavy atom. The van der Waals surface area contributed by atoms with E-state index in [-0.39, 0.29) is 5.41 Å². The molecule has 1 rings (SSSR count). The van der Waals surface area contributed by atoms with Crippen LogP contribution >= 0.6 is 0 Å². The van der Waals surface area contributed by atoms with Crippen LogP contribution in [0.25, 0.3) is 0 Å². The Bertz CT molecular complexity index is 324. The number of rotatable bonds is 6. The van der Waals surface area contributed by atoms with Crippen molar-refractivity contribution in [2.45, 2.75) is 59.4 Å². The lowest BCUT2D eigenvalue weighted by Gasteiger charge is -2.39. The molecule has 2 N–H and O–H groups in total. The third-order valence-corrected chi connectivity index (χ3v) is 5.05. The van der Waals surface area contributed by atoms with Gasteiger partial charge in [-0.2, -0.15) is 0 Å². The monoisotopic (exact) mass is 297 g/mol. The van der Waals surface area contributed by atoms with Gasteiger partial charge < -0.3 is 10.6 Å². The predicted octanol–water partition coefficient (Wildman–Crippen LogP) is 2.33. The highest BCUT2D eigenvalue weighted by Crippen LogP contribution is 2.32. The van der Waals surface area contributed by atoms with E-state index in [0.29, 0.717) is 30.8 Å². The molecular weight excluding hydrogens is 262 g/mol. The van der Waals surface area contributed by atoms with Gasteiger partial charge >= 0.3 is 0 Å². The average molecular weight is 297 g/mol. The first-order chi connectivity index (χ1) is 9.79. The highest BCUT2D eigenvalue weighted by molar-refractivity contribution is 5.76. The number of hydrogen-bond donors (Lipinski definition) is 1. The number of nitrogens with two attached hydrogens (primary N) is 1. The Kier molecular flexibility index (Phi) is 7.14. The number of hydrogen-bond acceptors (Lipinski definition) is 3. The van der Waals surface area contributed by atoms with Crippen molar-refractivity contribution in [3.8, 4) is 0 Å². The minimum Gasteiger partial charge on any atom is -0.340 e. The van der Waals surface area contributed by atoms with Crippen molar-refractivity contribution in [1.29, 1.82) is 0 Å². The van der Waals surface area contributed by atoms with Crippen molar-refractivity contribution in [3.05, 3.63) is 0 Å². The van der Waals surface area contributed by atoms with Gasteiger partial charge in [0.05, 0.1) is 0 Å². The topological polar surface area (TPSA) is 49.6 Å². The van der Waals surface area contributed by atoms with Crippen molar-refractivity contribution in [3.63, 3.8) is 0 Å². The minimum atomic E-state index is 0.230. The van der Waals surface area contributed by atoms with Gasteiger partial charge in [0, 0.05) is 32.1 Å². The lowest BCUT2D eigenvalue weighted by atomic mass is 9.76. The molecule has 1 aliphatic rings. The Morgan fingerprint density at radius 1 is 1.29 bits per heavy atom. The molecule has 21 heavy (non-hydrogen) atoms. The largest absolute Gasteiger partial charge is 0.340 e.